The zero-order valence-corrected chi connectivity index (χ0v) is 73.9. The molecule has 0 aliphatic heterocycles. The zero-order valence-electron chi connectivity index (χ0n) is 73.9. The highest BCUT2D eigenvalue weighted by Gasteiger charge is 2.33. The highest BCUT2D eigenvalue weighted by molar-refractivity contribution is 5.98. The van der Waals surface area contributed by atoms with Gasteiger partial charge in [0.1, 0.15) is 0 Å². The van der Waals surface area contributed by atoms with Gasteiger partial charge < -0.3 is 0 Å². The first-order valence-electron chi connectivity index (χ1n) is 44.5. The molecule has 14 heteroatoms. The maximum atomic E-state index is 13.8. The van der Waals surface area contributed by atoms with Gasteiger partial charge in [-0.25, -0.2) is 29.9 Å². The molecule has 21 rings (SSSR count). The van der Waals surface area contributed by atoms with Crippen molar-refractivity contribution < 1.29 is 26.3 Å². The Labute approximate surface area is 785 Å². The molecule has 0 saturated carbocycles. The summed E-state index contributed by atoms with van der Waals surface area (Å²) >= 11 is 0. The van der Waals surface area contributed by atoms with E-state index in [4.69, 9.17) is 29.9 Å². The summed E-state index contributed by atoms with van der Waals surface area (Å²) < 4.78 is 82.6. The number of nitrogens with zero attached hydrogens (tertiary/aromatic N) is 8. The first-order chi connectivity index (χ1) is 66.5. The fraction of sp³-hybridized carbons (Fsp3) is 0.0328. The summed E-state index contributed by atoms with van der Waals surface area (Å²) in [6.45, 7) is 3.25. The molecule has 0 bridgehead atoms. The Kier molecular flexibility index (Phi) is 25.7. The third-order valence-corrected chi connectivity index (χ3v) is 23.5. The van der Waals surface area contributed by atoms with E-state index in [2.05, 4.69) is 253 Å². The number of alkyl halides is 6. The van der Waals surface area contributed by atoms with Crippen molar-refractivity contribution in [3.63, 3.8) is 0 Å². The molecule has 21 aromatic rings. The molecule has 136 heavy (non-hydrogen) atoms. The Morgan fingerprint density at radius 2 is 0.331 bits per heavy atom. The second-order valence-electron chi connectivity index (χ2n) is 32.8. The maximum Gasteiger partial charge on any atom is 0.416 e. The van der Waals surface area contributed by atoms with Gasteiger partial charge in [0.25, 0.3) is 0 Å². The molecule has 13 aromatic carbocycles. The number of benzene rings is 13. The summed E-state index contributed by atoms with van der Waals surface area (Å²) in [7, 11) is 0. The molecule has 0 radical (unpaired) electrons. The van der Waals surface area contributed by atoms with E-state index in [0.717, 1.165) is 192 Å². The lowest BCUT2D eigenvalue weighted by atomic mass is 9.88. The monoisotopic (exact) mass is 1770 g/mol. The smallest absolute Gasteiger partial charge is 0.255 e. The van der Waals surface area contributed by atoms with Gasteiger partial charge in [0.15, 0.2) is 0 Å². The van der Waals surface area contributed by atoms with Crippen LogP contribution in [0.5, 0.6) is 0 Å². The maximum absolute atomic E-state index is 13.8. The quantitative estimate of drug-likeness (QED) is 0.0783. The molecule has 0 atom stereocenters. The largest absolute Gasteiger partial charge is 0.416 e. The van der Waals surface area contributed by atoms with E-state index < -0.39 is 23.5 Å². The van der Waals surface area contributed by atoms with Gasteiger partial charge in [0.2, 0.25) is 0 Å². The summed E-state index contributed by atoms with van der Waals surface area (Å²) in [6.07, 6.45) is -5.42. The van der Waals surface area contributed by atoms with Crippen molar-refractivity contribution >= 4 is 0 Å². The predicted octanol–water partition coefficient (Wildman–Crippen LogP) is 32.9. The molecular formula is C122H84F6N8. The number of aromatic nitrogens is 8. The van der Waals surface area contributed by atoms with Gasteiger partial charge in [0, 0.05) is 68.0 Å². The normalized spacial score (nSPS) is 11.2. The van der Waals surface area contributed by atoms with E-state index in [1.807, 2.05) is 158 Å². The molecule has 8 heterocycles. The number of hydrogen-bond acceptors (Lipinski definition) is 8. The Morgan fingerprint density at radius 3 is 0.544 bits per heavy atom. The molecule has 0 spiro atoms. The molecule has 0 fully saturated rings. The van der Waals surface area contributed by atoms with Crippen LogP contribution in [-0.2, 0) is 12.4 Å². The first kappa shape index (κ1) is 87.9. The average molecular weight is 1780 g/mol. The van der Waals surface area contributed by atoms with E-state index in [0.29, 0.717) is 45.0 Å². The van der Waals surface area contributed by atoms with E-state index in [1.54, 1.807) is 62.6 Å². The second-order valence-corrected chi connectivity index (χ2v) is 32.8. The van der Waals surface area contributed by atoms with Gasteiger partial charge in [-0.3, -0.25) is 9.97 Å². The van der Waals surface area contributed by atoms with Crippen LogP contribution in [0.15, 0.2) is 473 Å². The third kappa shape index (κ3) is 20.1. The van der Waals surface area contributed by atoms with Crippen molar-refractivity contribution in [2.45, 2.75) is 26.2 Å². The summed E-state index contributed by atoms with van der Waals surface area (Å²) in [5.74, 6) is 0. The van der Waals surface area contributed by atoms with Gasteiger partial charge in [-0.1, -0.05) is 291 Å². The van der Waals surface area contributed by atoms with Crippen LogP contribution in [0.4, 0.5) is 26.3 Å². The zero-order chi connectivity index (χ0) is 92.9. The molecule has 0 aliphatic carbocycles. The minimum Gasteiger partial charge on any atom is -0.255 e. The molecular weight excluding hydrogens is 1690 g/mol. The van der Waals surface area contributed by atoms with Crippen molar-refractivity contribution in [3.8, 4) is 202 Å². The van der Waals surface area contributed by atoms with Crippen molar-refractivity contribution in [2.75, 3.05) is 0 Å². The van der Waals surface area contributed by atoms with Crippen LogP contribution in [0.1, 0.15) is 22.3 Å². The molecule has 0 amide bonds. The van der Waals surface area contributed by atoms with Gasteiger partial charge in [0.05, 0.1) is 90.8 Å². The van der Waals surface area contributed by atoms with E-state index in [1.165, 1.54) is 0 Å². The first-order valence-corrected chi connectivity index (χ1v) is 44.5. The molecule has 0 N–H and O–H groups in total. The van der Waals surface area contributed by atoms with Crippen LogP contribution < -0.4 is 0 Å². The Balaban J connectivity index is 0.000000132. The van der Waals surface area contributed by atoms with Gasteiger partial charge >= 0.3 is 12.4 Å². The van der Waals surface area contributed by atoms with Crippen molar-refractivity contribution in [3.05, 3.63) is 496 Å². The summed E-state index contributed by atoms with van der Waals surface area (Å²) in [4.78, 5) is 39.5. The summed E-state index contributed by atoms with van der Waals surface area (Å²) in [6, 6.07) is 150. The van der Waals surface area contributed by atoms with E-state index in [-0.39, 0.29) is 0 Å². The number of halogens is 6. The van der Waals surface area contributed by atoms with Crippen LogP contribution in [-0.4, -0.2) is 39.9 Å². The Bertz CT molecular complexity index is 7020. The van der Waals surface area contributed by atoms with Crippen molar-refractivity contribution in [1.82, 2.24) is 39.9 Å². The molecule has 8 aromatic heterocycles. The fourth-order valence-electron chi connectivity index (χ4n) is 17.1. The summed E-state index contributed by atoms with van der Waals surface area (Å²) in [5, 5.41) is 0. The Morgan fingerprint density at radius 1 is 0.147 bits per heavy atom. The molecule has 8 nitrogen and oxygen atoms in total. The molecule has 0 saturated heterocycles. The van der Waals surface area contributed by atoms with Crippen LogP contribution in [0.3, 0.4) is 0 Å². The highest BCUT2D eigenvalue weighted by Crippen LogP contribution is 2.48. The standard InChI is InChI=1S/C44H30F6N2.C40H28N2.C38H26N4/c1-27-19-31(23-33(21-27)43(45,46)47)39-15-9-17-41(51-39)37-25-36(30-13-7-4-8-14-30)38(26-35(37)29-11-5-3-6-12-29)42-18-10-16-40(52-42)32-20-28(2)22-34(24-32)44(48,49)50;1-5-15-29(16-6-1)33-27-36(40-26-14-24-38(42-40)32-21-11-4-12-22-32)34(30-17-7-2-8-18-30)28-35(33)39-25-13-23-37(41-39)31-19-9-3-10-20-31;1-3-13-27(14-4-1)29-25-32(34-20-12-22-38(42-34)36-18-8-10-24-40-36)30(28-15-5-2-6-16-28)26-31(29)33-19-11-21-37(41-33)35-17-7-9-23-39-35/h3-26H,1-2H3;1-28H;1-26H. The number of pyridine rings is 8. The lowest BCUT2D eigenvalue weighted by molar-refractivity contribution is -0.138. The predicted molar refractivity (Wildman–Crippen MR) is 539 cm³/mol. The number of hydrogen-bond donors (Lipinski definition) is 0. The van der Waals surface area contributed by atoms with Gasteiger partial charge in [-0.15, -0.1) is 0 Å². The lowest BCUT2D eigenvalue weighted by Gasteiger charge is -2.18. The van der Waals surface area contributed by atoms with Crippen LogP contribution in [0.2, 0.25) is 0 Å². The molecule has 0 unspecified atom stereocenters. The third-order valence-electron chi connectivity index (χ3n) is 23.5. The van der Waals surface area contributed by atoms with E-state index in [9.17, 15) is 26.3 Å². The minimum atomic E-state index is -4.51. The van der Waals surface area contributed by atoms with Crippen LogP contribution in [0.25, 0.3) is 202 Å². The van der Waals surface area contributed by atoms with E-state index >= 15 is 0 Å². The molecule has 654 valence electrons. The summed E-state index contributed by atoms with van der Waals surface area (Å²) in [5.41, 5.74) is 31.1. The SMILES string of the molecule is Cc1cc(-c2cccc(-c3cc(-c4ccccc4)c(-c4cccc(-c5cc(C)cc(C(F)(F)F)c5)n4)cc3-c3ccccc3)n2)cc(C(F)(F)F)c1.c1ccc(-c2cc(-c3cccc(-c4ccccn4)n3)c(-c3ccccc3)cc2-c2cccc(-c3ccccn3)n2)cc1.c1ccc(-c2cccc(-c3cc(-c4ccccc4)c(-c4cccc(-c5ccccc5)n4)cc3-c3ccccc3)n2)cc1. The minimum absolute atomic E-state index is 0.348. The lowest BCUT2D eigenvalue weighted by Crippen LogP contribution is -2.05. The van der Waals surface area contributed by atoms with Gasteiger partial charge in [-0.2, -0.15) is 26.3 Å². The highest BCUT2D eigenvalue weighted by atomic mass is 19.4. The molecule has 0 aliphatic rings. The van der Waals surface area contributed by atoms with Crippen molar-refractivity contribution in [2.24, 2.45) is 0 Å². The Hall–Kier alpha value is -17.4. The van der Waals surface area contributed by atoms with Crippen molar-refractivity contribution in [1.29, 1.82) is 0 Å². The second kappa shape index (κ2) is 39.8. The fourth-order valence-corrected chi connectivity index (χ4v) is 17.1. The number of aryl methyl sites for hydroxylation is 2. The van der Waals surface area contributed by atoms with Crippen LogP contribution in [0, 0.1) is 13.8 Å². The average Bonchev–Trinajstić information content (AvgIpc) is 0.733. The number of rotatable bonds is 18. The topological polar surface area (TPSA) is 103 Å². The van der Waals surface area contributed by atoms with Gasteiger partial charge in [-0.05, 0) is 262 Å². The van der Waals surface area contributed by atoms with Crippen LogP contribution >= 0.6 is 0 Å².